The Kier molecular flexibility index (Phi) is 3.50. The lowest BCUT2D eigenvalue weighted by Crippen LogP contribution is -2.14. The van der Waals surface area contributed by atoms with Gasteiger partial charge in [0.2, 0.25) is 0 Å². The Bertz CT molecular complexity index is 519. The van der Waals surface area contributed by atoms with Crippen LogP contribution < -0.4 is 5.73 Å². The maximum Gasteiger partial charge on any atom is 0.0643 e. The summed E-state index contributed by atoms with van der Waals surface area (Å²) in [6.07, 6.45) is 2.61. The van der Waals surface area contributed by atoms with Crippen LogP contribution in [-0.4, -0.2) is 9.78 Å². The number of nitrogens with zero attached hydrogens (tertiary/aromatic N) is 2. The van der Waals surface area contributed by atoms with Gasteiger partial charge in [0, 0.05) is 30.7 Å². The zero-order chi connectivity index (χ0) is 12.4. The minimum Gasteiger partial charge on any atom is -0.324 e. The van der Waals surface area contributed by atoms with Crippen LogP contribution in [0.3, 0.4) is 0 Å². The number of benzene rings is 1. The SMILES string of the molecule is Cc1cccc(C(N)Cc2ccn(C)n2)c1Cl. The van der Waals surface area contributed by atoms with Crippen molar-refractivity contribution in [1.29, 1.82) is 0 Å². The summed E-state index contributed by atoms with van der Waals surface area (Å²) in [5.74, 6) is 0. The summed E-state index contributed by atoms with van der Waals surface area (Å²) in [4.78, 5) is 0. The lowest BCUT2D eigenvalue weighted by atomic mass is 10.0. The molecule has 2 rings (SSSR count). The van der Waals surface area contributed by atoms with E-state index in [-0.39, 0.29) is 6.04 Å². The molecule has 0 saturated carbocycles. The van der Waals surface area contributed by atoms with Gasteiger partial charge in [0.1, 0.15) is 0 Å². The van der Waals surface area contributed by atoms with Crippen LogP contribution in [0.15, 0.2) is 30.5 Å². The van der Waals surface area contributed by atoms with Gasteiger partial charge < -0.3 is 5.73 Å². The second-order valence-electron chi connectivity index (χ2n) is 4.27. The van der Waals surface area contributed by atoms with Crippen LogP contribution in [0.2, 0.25) is 5.02 Å². The summed E-state index contributed by atoms with van der Waals surface area (Å²) >= 11 is 6.25. The average molecular weight is 250 g/mol. The van der Waals surface area contributed by atoms with Crippen LogP contribution in [0.25, 0.3) is 0 Å². The molecule has 4 heteroatoms. The third-order valence-corrected chi connectivity index (χ3v) is 3.34. The molecule has 0 fully saturated rings. The molecular formula is C13H16ClN3. The van der Waals surface area contributed by atoms with E-state index < -0.39 is 0 Å². The molecule has 1 aromatic heterocycles. The van der Waals surface area contributed by atoms with Crippen LogP contribution in [0, 0.1) is 6.92 Å². The zero-order valence-corrected chi connectivity index (χ0v) is 10.8. The smallest absolute Gasteiger partial charge is 0.0643 e. The van der Waals surface area contributed by atoms with Crippen LogP contribution >= 0.6 is 11.6 Å². The Balaban J connectivity index is 2.20. The molecule has 2 aromatic rings. The predicted octanol–water partition coefficient (Wildman–Crippen LogP) is 2.62. The van der Waals surface area contributed by atoms with Gasteiger partial charge in [-0.05, 0) is 24.1 Å². The first-order valence-corrected chi connectivity index (χ1v) is 5.95. The van der Waals surface area contributed by atoms with E-state index in [1.54, 1.807) is 4.68 Å². The fraction of sp³-hybridized carbons (Fsp3) is 0.308. The van der Waals surface area contributed by atoms with E-state index in [1.165, 1.54) is 0 Å². The number of nitrogens with two attached hydrogens (primary N) is 1. The van der Waals surface area contributed by atoms with E-state index >= 15 is 0 Å². The summed E-state index contributed by atoms with van der Waals surface area (Å²) in [7, 11) is 1.90. The van der Waals surface area contributed by atoms with Crippen molar-refractivity contribution in [3.8, 4) is 0 Å². The molecular weight excluding hydrogens is 234 g/mol. The molecule has 1 heterocycles. The molecule has 0 aliphatic carbocycles. The van der Waals surface area contributed by atoms with Crippen molar-refractivity contribution in [2.75, 3.05) is 0 Å². The lowest BCUT2D eigenvalue weighted by Gasteiger charge is -2.13. The Morgan fingerprint density at radius 3 is 2.82 bits per heavy atom. The van der Waals surface area contributed by atoms with Crippen molar-refractivity contribution in [2.24, 2.45) is 12.8 Å². The normalized spacial score (nSPS) is 12.7. The van der Waals surface area contributed by atoms with Crippen molar-refractivity contribution in [3.63, 3.8) is 0 Å². The van der Waals surface area contributed by atoms with E-state index in [2.05, 4.69) is 5.10 Å². The molecule has 1 atom stereocenters. The molecule has 1 aromatic carbocycles. The molecule has 0 amide bonds. The van der Waals surface area contributed by atoms with Gasteiger partial charge >= 0.3 is 0 Å². The summed E-state index contributed by atoms with van der Waals surface area (Å²) in [6.45, 7) is 1.99. The first-order chi connectivity index (χ1) is 8.08. The molecule has 0 spiro atoms. The molecule has 0 bridgehead atoms. The van der Waals surface area contributed by atoms with Crippen molar-refractivity contribution in [1.82, 2.24) is 9.78 Å². The van der Waals surface area contributed by atoms with Crippen molar-refractivity contribution < 1.29 is 0 Å². The average Bonchev–Trinajstić information content (AvgIpc) is 2.68. The molecule has 0 saturated heterocycles. The number of hydrogen-bond donors (Lipinski definition) is 1. The number of halogens is 1. The maximum atomic E-state index is 6.25. The number of hydrogen-bond acceptors (Lipinski definition) is 2. The minimum absolute atomic E-state index is 0.114. The van der Waals surface area contributed by atoms with Gasteiger partial charge in [-0.1, -0.05) is 29.8 Å². The van der Waals surface area contributed by atoms with Gasteiger partial charge in [-0.15, -0.1) is 0 Å². The van der Waals surface area contributed by atoms with E-state index in [9.17, 15) is 0 Å². The van der Waals surface area contributed by atoms with Gasteiger partial charge in [-0.2, -0.15) is 5.10 Å². The Morgan fingerprint density at radius 2 is 2.18 bits per heavy atom. The monoisotopic (exact) mass is 249 g/mol. The highest BCUT2D eigenvalue weighted by molar-refractivity contribution is 6.32. The van der Waals surface area contributed by atoms with Gasteiger partial charge in [0.15, 0.2) is 0 Å². The molecule has 17 heavy (non-hydrogen) atoms. The molecule has 0 radical (unpaired) electrons. The van der Waals surface area contributed by atoms with Crippen LogP contribution in [0.5, 0.6) is 0 Å². The predicted molar refractivity (Wildman–Crippen MR) is 70.0 cm³/mol. The molecule has 0 aliphatic rings. The van der Waals surface area contributed by atoms with Crippen molar-refractivity contribution >= 4 is 11.6 Å². The van der Waals surface area contributed by atoms with E-state index in [1.807, 2.05) is 44.4 Å². The van der Waals surface area contributed by atoms with E-state index in [0.717, 1.165) is 21.8 Å². The third-order valence-electron chi connectivity index (χ3n) is 2.82. The quantitative estimate of drug-likeness (QED) is 0.909. The standard InChI is InChI=1S/C13H16ClN3/c1-9-4-3-5-11(13(9)14)12(15)8-10-6-7-17(2)16-10/h3-7,12H,8,15H2,1-2H3. The maximum absolute atomic E-state index is 6.25. The minimum atomic E-state index is -0.114. The van der Waals surface area contributed by atoms with Gasteiger partial charge in [-0.3, -0.25) is 4.68 Å². The highest BCUT2D eigenvalue weighted by atomic mass is 35.5. The van der Waals surface area contributed by atoms with Gasteiger partial charge in [-0.25, -0.2) is 0 Å². The summed E-state index contributed by atoms with van der Waals surface area (Å²) in [5, 5.41) is 5.08. The summed E-state index contributed by atoms with van der Waals surface area (Å²) in [6, 6.07) is 7.80. The molecule has 90 valence electrons. The number of aryl methyl sites for hydroxylation is 2. The molecule has 1 unspecified atom stereocenters. The van der Waals surface area contributed by atoms with Crippen LogP contribution in [0.1, 0.15) is 22.9 Å². The fourth-order valence-electron chi connectivity index (χ4n) is 1.86. The fourth-order valence-corrected chi connectivity index (χ4v) is 2.13. The van der Waals surface area contributed by atoms with E-state index in [0.29, 0.717) is 6.42 Å². The molecule has 2 N–H and O–H groups in total. The number of aromatic nitrogens is 2. The van der Waals surface area contributed by atoms with Crippen molar-refractivity contribution in [3.05, 3.63) is 52.3 Å². The second kappa shape index (κ2) is 4.90. The molecule has 0 aliphatic heterocycles. The summed E-state index contributed by atoms with van der Waals surface area (Å²) < 4.78 is 1.78. The Hall–Kier alpha value is -1.32. The first kappa shape index (κ1) is 12.1. The van der Waals surface area contributed by atoms with Crippen LogP contribution in [0.4, 0.5) is 0 Å². The highest BCUT2D eigenvalue weighted by Gasteiger charge is 2.13. The lowest BCUT2D eigenvalue weighted by molar-refractivity contribution is 0.675. The Labute approximate surface area is 106 Å². The van der Waals surface area contributed by atoms with E-state index in [4.69, 9.17) is 17.3 Å². The first-order valence-electron chi connectivity index (χ1n) is 5.57. The van der Waals surface area contributed by atoms with Gasteiger partial charge in [0.25, 0.3) is 0 Å². The zero-order valence-electron chi connectivity index (χ0n) is 10.0. The molecule has 3 nitrogen and oxygen atoms in total. The van der Waals surface area contributed by atoms with Crippen LogP contribution in [-0.2, 0) is 13.5 Å². The Morgan fingerprint density at radius 1 is 1.41 bits per heavy atom. The van der Waals surface area contributed by atoms with Crippen molar-refractivity contribution in [2.45, 2.75) is 19.4 Å². The van der Waals surface area contributed by atoms with Gasteiger partial charge in [0.05, 0.1) is 5.69 Å². The second-order valence-corrected chi connectivity index (χ2v) is 4.65. The number of rotatable bonds is 3. The summed E-state index contributed by atoms with van der Waals surface area (Å²) in [5.41, 5.74) is 9.20. The largest absolute Gasteiger partial charge is 0.324 e. The third kappa shape index (κ3) is 2.68. The highest BCUT2D eigenvalue weighted by Crippen LogP contribution is 2.26. The topological polar surface area (TPSA) is 43.8 Å².